The second kappa shape index (κ2) is 6.03. The first-order valence-electron chi connectivity index (χ1n) is 6.65. The fourth-order valence-corrected chi connectivity index (χ4v) is 2.55. The smallest absolute Gasteiger partial charge is 0.167 e. The summed E-state index contributed by atoms with van der Waals surface area (Å²) in [6.07, 6.45) is 1.44. The van der Waals surface area contributed by atoms with E-state index in [1.807, 2.05) is 18.7 Å². The van der Waals surface area contributed by atoms with Crippen molar-refractivity contribution in [1.82, 2.24) is 9.88 Å². The molecule has 0 aliphatic carbocycles. The van der Waals surface area contributed by atoms with Gasteiger partial charge in [-0.2, -0.15) is 0 Å². The predicted molar refractivity (Wildman–Crippen MR) is 80.5 cm³/mol. The van der Waals surface area contributed by atoms with Crippen LogP contribution in [0.25, 0.3) is 0 Å². The number of oxime groups is 1. The van der Waals surface area contributed by atoms with Crippen molar-refractivity contribution in [3.63, 3.8) is 0 Å². The number of rotatable bonds is 3. The molecule has 3 N–H and O–H groups in total. The van der Waals surface area contributed by atoms with Crippen LogP contribution < -0.4 is 10.6 Å². The molecule has 0 unspecified atom stereocenters. The van der Waals surface area contributed by atoms with Crippen molar-refractivity contribution in [2.75, 3.05) is 31.1 Å². The molecule has 0 saturated carbocycles. The van der Waals surface area contributed by atoms with Gasteiger partial charge in [-0.3, -0.25) is 4.90 Å². The van der Waals surface area contributed by atoms with Gasteiger partial charge in [0, 0.05) is 32.4 Å². The van der Waals surface area contributed by atoms with Crippen molar-refractivity contribution in [2.24, 2.45) is 10.9 Å². The fourth-order valence-electron chi connectivity index (χ4n) is 2.40. The molecule has 21 heavy (non-hydrogen) atoms. The lowest BCUT2D eigenvalue weighted by atomic mass is 10.0. The van der Waals surface area contributed by atoms with Crippen LogP contribution in [-0.4, -0.2) is 52.6 Å². The number of piperazine rings is 1. The van der Waals surface area contributed by atoms with Gasteiger partial charge in [0.1, 0.15) is 0 Å². The molecule has 1 saturated heterocycles. The van der Waals surface area contributed by atoms with Crippen LogP contribution in [0.1, 0.15) is 13.8 Å². The first kappa shape index (κ1) is 15.8. The Kier molecular flexibility index (Phi) is 4.53. The van der Waals surface area contributed by atoms with Crippen LogP contribution in [0.4, 0.5) is 10.2 Å². The molecule has 1 aliphatic rings. The zero-order chi connectivity index (χ0) is 15.6. The number of nitrogens with two attached hydrogens (primary N) is 1. The number of aromatic nitrogens is 1. The lowest BCUT2D eigenvalue weighted by molar-refractivity contribution is 0.160. The van der Waals surface area contributed by atoms with Gasteiger partial charge >= 0.3 is 0 Å². The summed E-state index contributed by atoms with van der Waals surface area (Å²) < 4.78 is 13.9. The number of halogens is 2. The van der Waals surface area contributed by atoms with Crippen molar-refractivity contribution in [2.45, 2.75) is 19.4 Å². The van der Waals surface area contributed by atoms with E-state index in [1.54, 1.807) is 0 Å². The van der Waals surface area contributed by atoms with Crippen LogP contribution in [0.15, 0.2) is 17.4 Å². The third kappa shape index (κ3) is 3.19. The van der Waals surface area contributed by atoms with E-state index in [0.29, 0.717) is 32.0 Å². The number of hydrogen-bond acceptors (Lipinski definition) is 5. The van der Waals surface area contributed by atoms with E-state index in [0.717, 1.165) is 0 Å². The van der Waals surface area contributed by atoms with Crippen molar-refractivity contribution in [3.05, 3.63) is 23.1 Å². The first-order chi connectivity index (χ1) is 9.86. The van der Waals surface area contributed by atoms with E-state index in [4.69, 9.17) is 22.5 Å². The molecule has 1 fully saturated rings. The normalized spacial score (nSPS) is 18.1. The summed E-state index contributed by atoms with van der Waals surface area (Å²) >= 11 is 5.71. The Labute approximate surface area is 128 Å². The lowest BCUT2D eigenvalue weighted by Gasteiger charge is -2.43. The summed E-state index contributed by atoms with van der Waals surface area (Å²) in [4.78, 5) is 8.01. The lowest BCUT2D eigenvalue weighted by Crippen LogP contribution is -2.60. The molecule has 1 aliphatic heterocycles. The van der Waals surface area contributed by atoms with E-state index in [2.05, 4.69) is 15.0 Å². The molecule has 1 aromatic rings. The highest BCUT2D eigenvalue weighted by Crippen LogP contribution is 2.23. The first-order valence-corrected chi connectivity index (χ1v) is 7.03. The third-order valence-electron chi connectivity index (χ3n) is 3.89. The largest absolute Gasteiger partial charge is 0.409 e. The van der Waals surface area contributed by atoms with Crippen LogP contribution in [0.5, 0.6) is 0 Å². The predicted octanol–water partition coefficient (Wildman–Crippen LogP) is 1.52. The van der Waals surface area contributed by atoms with E-state index >= 15 is 0 Å². The van der Waals surface area contributed by atoms with E-state index < -0.39 is 11.4 Å². The Hall–Kier alpha value is -1.60. The average molecular weight is 316 g/mol. The fraction of sp³-hybridized carbons (Fsp3) is 0.538. The Bertz CT molecular complexity index is 543. The van der Waals surface area contributed by atoms with Gasteiger partial charge in [-0.25, -0.2) is 9.37 Å². The molecule has 0 radical (unpaired) electrons. The molecule has 2 heterocycles. The molecule has 1 aromatic heterocycles. The third-order valence-corrected chi connectivity index (χ3v) is 4.10. The van der Waals surface area contributed by atoms with Gasteiger partial charge in [-0.15, -0.1) is 0 Å². The Morgan fingerprint density at radius 3 is 2.57 bits per heavy atom. The standard InChI is InChI=1S/C13H19ClFN5O/c1-13(2,12(16)18-21)20-5-3-19(4-6-20)11-10(15)7-9(14)8-17-11/h7-8,21H,3-6H2,1-2H3,(H2,16,18). The SMILES string of the molecule is CC(C)(C(N)=NO)N1CCN(c2ncc(Cl)cc2F)CC1. The molecule has 116 valence electrons. The van der Waals surface area contributed by atoms with Gasteiger partial charge in [0.05, 0.1) is 10.6 Å². The van der Waals surface area contributed by atoms with E-state index in [9.17, 15) is 4.39 Å². The highest BCUT2D eigenvalue weighted by Gasteiger charge is 2.34. The molecular weight excluding hydrogens is 297 g/mol. The maximum atomic E-state index is 13.9. The quantitative estimate of drug-likeness (QED) is 0.383. The Balaban J connectivity index is 2.07. The summed E-state index contributed by atoms with van der Waals surface area (Å²) in [5, 5.41) is 12.2. The van der Waals surface area contributed by atoms with Crippen molar-refractivity contribution in [3.8, 4) is 0 Å². The highest BCUT2D eigenvalue weighted by molar-refractivity contribution is 6.30. The summed E-state index contributed by atoms with van der Waals surface area (Å²) in [5.74, 6) is 0.0408. The molecule has 0 atom stereocenters. The summed E-state index contributed by atoms with van der Waals surface area (Å²) in [6, 6.07) is 1.26. The second-order valence-corrected chi connectivity index (χ2v) is 5.91. The number of hydrogen-bond donors (Lipinski definition) is 2. The minimum Gasteiger partial charge on any atom is -0.409 e. The summed E-state index contributed by atoms with van der Waals surface area (Å²) in [7, 11) is 0. The minimum absolute atomic E-state index is 0.159. The Morgan fingerprint density at radius 2 is 2.05 bits per heavy atom. The number of amidine groups is 1. The van der Waals surface area contributed by atoms with Crippen LogP contribution in [0.2, 0.25) is 5.02 Å². The topological polar surface area (TPSA) is 78.0 Å². The zero-order valence-electron chi connectivity index (χ0n) is 12.1. The van der Waals surface area contributed by atoms with E-state index in [-0.39, 0.29) is 10.9 Å². The maximum Gasteiger partial charge on any atom is 0.167 e. The maximum absolute atomic E-state index is 13.9. The number of pyridine rings is 1. The zero-order valence-corrected chi connectivity index (χ0v) is 12.8. The average Bonchev–Trinajstić information content (AvgIpc) is 2.46. The molecule has 8 heteroatoms. The van der Waals surface area contributed by atoms with Crippen LogP contribution >= 0.6 is 11.6 Å². The van der Waals surface area contributed by atoms with Gasteiger partial charge < -0.3 is 15.8 Å². The van der Waals surface area contributed by atoms with Gasteiger partial charge in [0.15, 0.2) is 17.5 Å². The monoisotopic (exact) mass is 315 g/mol. The number of anilines is 1. The van der Waals surface area contributed by atoms with Crippen molar-refractivity contribution >= 4 is 23.3 Å². The van der Waals surface area contributed by atoms with Crippen molar-refractivity contribution in [1.29, 1.82) is 0 Å². The molecular formula is C13H19ClFN5O. The minimum atomic E-state index is -0.549. The molecule has 0 bridgehead atoms. The number of nitrogens with zero attached hydrogens (tertiary/aromatic N) is 4. The molecule has 0 spiro atoms. The van der Waals surface area contributed by atoms with Gasteiger partial charge in [0.2, 0.25) is 0 Å². The second-order valence-electron chi connectivity index (χ2n) is 5.48. The van der Waals surface area contributed by atoms with Crippen LogP contribution in [0, 0.1) is 5.82 Å². The van der Waals surface area contributed by atoms with E-state index in [1.165, 1.54) is 12.3 Å². The van der Waals surface area contributed by atoms with Crippen LogP contribution in [0.3, 0.4) is 0 Å². The Morgan fingerprint density at radius 1 is 1.43 bits per heavy atom. The van der Waals surface area contributed by atoms with Gasteiger partial charge in [-0.05, 0) is 19.9 Å². The molecule has 2 rings (SSSR count). The summed E-state index contributed by atoms with van der Waals surface area (Å²) in [6.45, 7) is 6.30. The van der Waals surface area contributed by atoms with Crippen molar-refractivity contribution < 1.29 is 9.60 Å². The van der Waals surface area contributed by atoms with Crippen LogP contribution in [-0.2, 0) is 0 Å². The molecule has 0 aromatic carbocycles. The summed E-state index contributed by atoms with van der Waals surface area (Å²) in [5.41, 5.74) is 5.18. The van der Waals surface area contributed by atoms with Gasteiger partial charge in [-0.1, -0.05) is 16.8 Å². The van der Waals surface area contributed by atoms with Gasteiger partial charge in [0.25, 0.3) is 0 Å². The molecule has 0 amide bonds. The molecule has 6 nitrogen and oxygen atoms in total. The highest BCUT2D eigenvalue weighted by atomic mass is 35.5.